The molecule has 1 aliphatic rings. The molecule has 6 heteroatoms. The van der Waals surface area contributed by atoms with Crippen LogP contribution in [0.1, 0.15) is 31.2 Å². The van der Waals surface area contributed by atoms with E-state index in [0.717, 1.165) is 31.4 Å². The van der Waals surface area contributed by atoms with E-state index < -0.39 is 0 Å². The third-order valence-electron chi connectivity index (χ3n) is 3.55. The molecule has 5 nitrogen and oxygen atoms in total. The molecule has 0 radical (unpaired) electrons. The molecular formula is C13H17BrN2O3. The Morgan fingerprint density at radius 1 is 1.42 bits per heavy atom. The Morgan fingerprint density at radius 2 is 2.11 bits per heavy atom. The monoisotopic (exact) mass is 328 g/mol. The van der Waals surface area contributed by atoms with Crippen LogP contribution in [0.2, 0.25) is 0 Å². The van der Waals surface area contributed by atoms with E-state index in [0.29, 0.717) is 10.0 Å². The Balaban J connectivity index is 2.21. The van der Waals surface area contributed by atoms with Crippen LogP contribution in [-0.4, -0.2) is 22.2 Å². The quantitative estimate of drug-likeness (QED) is 0.658. The summed E-state index contributed by atoms with van der Waals surface area (Å²) in [5, 5.41) is 24.1. The number of aryl methyl sites for hydroxylation is 1. The zero-order chi connectivity index (χ0) is 14.0. The summed E-state index contributed by atoms with van der Waals surface area (Å²) in [4.78, 5) is 10.5. The molecule has 2 unspecified atom stereocenters. The van der Waals surface area contributed by atoms with Crippen molar-refractivity contribution in [2.24, 2.45) is 0 Å². The maximum atomic E-state index is 10.9. The van der Waals surface area contributed by atoms with E-state index in [2.05, 4.69) is 21.2 Å². The molecule has 0 bridgehead atoms. The first-order valence-corrected chi connectivity index (χ1v) is 7.17. The van der Waals surface area contributed by atoms with Gasteiger partial charge in [-0.2, -0.15) is 0 Å². The summed E-state index contributed by atoms with van der Waals surface area (Å²) in [6.45, 7) is 1.72. The molecule has 0 saturated heterocycles. The van der Waals surface area contributed by atoms with Gasteiger partial charge in [0.25, 0.3) is 5.69 Å². The van der Waals surface area contributed by atoms with Gasteiger partial charge in [0.05, 0.1) is 17.1 Å². The number of nitrogens with zero attached hydrogens (tertiary/aromatic N) is 1. The molecule has 104 valence electrons. The van der Waals surface area contributed by atoms with E-state index in [-0.39, 0.29) is 22.8 Å². The van der Waals surface area contributed by atoms with E-state index in [9.17, 15) is 15.2 Å². The van der Waals surface area contributed by atoms with Crippen molar-refractivity contribution < 1.29 is 10.0 Å². The van der Waals surface area contributed by atoms with Crippen LogP contribution in [0.25, 0.3) is 0 Å². The summed E-state index contributed by atoms with van der Waals surface area (Å²) in [5.74, 6) is 0. The van der Waals surface area contributed by atoms with Crippen molar-refractivity contribution in [3.8, 4) is 0 Å². The fourth-order valence-electron chi connectivity index (χ4n) is 2.46. The van der Waals surface area contributed by atoms with E-state index in [1.807, 2.05) is 0 Å². The smallest absolute Gasteiger partial charge is 0.273 e. The first-order chi connectivity index (χ1) is 8.99. The summed E-state index contributed by atoms with van der Waals surface area (Å²) >= 11 is 3.35. The molecule has 0 spiro atoms. The molecule has 2 rings (SSSR count). The van der Waals surface area contributed by atoms with Gasteiger partial charge in [0, 0.05) is 21.8 Å². The predicted octanol–water partition coefficient (Wildman–Crippen LogP) is 3.38. The van der Waals surface area contributed by atoms with Crippen molar-refractivity contribution in [2.75, 3.05) is 5.32 Å². The van der Waals surface area contributed by atoms with Crippen molar-refractivity contribution in [1.82, 2.24) is 0 Å². The number of anilines is 1. The van der Waals surface area contributed by atoms with Gasteiger partial charge < -0.3 is 10.4 Å². The van der Waals surface area contributed by atoms with Crippen molar-refractivity contribution in [3.05, 3.63) is 32.3 Å². The highest BCUT2D eigenvalue weighted by molar-refractivity contribution is 9.10. The highest BCUT2D eigenvalue weighted by atomic mass is 79.9. The van der Waals surface area contributed by atoms with Gasteiger partial charge in [-0.3, -0.25) is 10.1 Å². The van der Waals surface area contributed by atoms with Crippen LogP contribution in [-0.2, 0) is 0 Å². The number of benzene rings is 1. The fraction of sp³-hybridized carbons (Fsp3) is 0.538. The minimum absolute atomic E-state index is 0.0194. The number of hydrogen-bond acceptors (Lipinski definition) is 4. The van der Waals surface area contributed by atoms with Gasteiger partial charge in [0.15, 0.2) is 0 Å². The van der Waals surface area contributed by atoms with Gasteiger partial charge in [0.2, 0.25) is 0 Å². The van der Waals surface area contributed by atoms with Crippen LogP contribution in [0.4, 0.5) is 11.4 Å². The highest BCUT2D eigenvalue weighted by Gasteiger charge is 2.24. The largest absolute Gasteiger partial charge is 0.391 e. The van der Waals surface area contributed by atoms with Crippen molar-refractivity contribution in [2.45, 2.75) is 44.8 Å². The minimum atomic E-state index is -0.390. The van der Waals surface area contributed by atoms with Gasteiger partial charge in [0.1, 0.15) is 0 Å². The molecule has 1 aromatic rings. The van der Waals surface area contributed by atoms with Gasteiger partial charge in [-0.25, -0.2) is 0 Å². The number of nitro groups is 1. The van der Waals surface area contributed by atoms with Gasteiger partial charge in [-0.15, -0.1) is 0 Å². The normalized spacial score (nSPS) is 23.1. The van der Waals surface area contributed by atoms with E-state index in [4.69, 9.17) is 0 Å². The lowest BCUT2D eigenvalue weighted by Gasteiger charge is -2.29. The Kier molecular flexibility index (Phi) is 4.42. The van der Waals surface area contributed by atoms with E-state index in [1.165, 1.54) is 6.07 Å². The Morgan fingerprint density at radius 3 is 2.74 bits per heavy atom. The number of halogens is 1. The Bertz CT molecular complexity index is 493. The zero-order valence-corrected chi connectivity index (χ0v) is 12.3. The Hall–Kier alpha value is -1.14. The molecule has 0 aromatic heterocycles. The molecule has 1 aliphatic carbocycles. The summed E-state index contributed by atoms with van der Waals surface area (Å²) in [6.07, 6.45) is 3.53. The van der Waals surface area contributed by atoms with Crippen LogP contribution < -0.4 is 5.32 Å². The first kappa shape index (κ1) is 14.3. The van der Waals surface area contributed by atoms with Crippen molar-refractivity contribution in [3.63, 3.8) is 0 Å². The van der Waals surface area contributed by atoms with Crippen LogP contribution in [0.5, 0.6) is 0 Å². The van der Waals surface area contributed by atoms with E-state index in [1.54, 1.807) is 13.0 Å². The third-order valence-corrected chi connectivity index (χ3v) is 4.21. The first-order valence-electron chi connectivity index (χ1n) is 6.38. The molecule has 0 aliphatic heterocycles. The van der Waals surface area contributed by atoms with Crippen molar-refractivity contribution >= 4 is 27.3 Å². The van der Waals surface area contributed by atoms with Gasteiger partial charge in [-0.1, -0.05) is 12.8 Å². The average molecular weight is 329 g/mol. The molecular weight excluding hydrogens is 312 g/mol. The third kappa shape index (κ3) is 3.25. The van der Waals surface area contributed by atoms with Crippen LogP contribution in [0, 0.1) is 17.0 Å². The summed E-state index contributed by atoms with van der Waals surface area (Å²) in [6, 6.07) is 3.28. The Labute approximate surface area is 120 Å². The molecule has 2 N–H and O–H groups in total. The molecule has 0 heterocycles. The second-order valence-corrected chi connectivity index (χ2v) is 5.83. The van der Waals surface area contributed by atoms with Gasteiger partial charge >= 0.3 is 0 Å². The van der Waals surface area contributed by atoms with Crippen LogP contribution >= 0.6 is 15.9 Å². The number of aliphatic hydroxyl groups excluding tert-OH is 1. The van der Waals surface area contributed by atoms with Gasteiger partial charge in [-0.05, 0) is 41.8 Å². The molecule has 1 aromatic carbocycles. The lowest BCUT2D eigenvalue weighted by Crippen LogP contribution is -2.36. The van der Waals surface area contributed by atoms with Crippen molar-refractivity contribution in [1.29, 1.82) is 0 Å². The zero-order valence-electron chi connectivity index (χ0n) is 10.7. The number of hydrogen-bond donors (Lipinski definition) is 2. The second-order valence-electron chi connectivity index (χ2n) is 4.98. The SMILES string of the molecule is Cc1cc(NC2CCCCC2O)c(Br)cc1[N+](=O)[O-]. The number of rotatable bonds is 3. The van der Waals surface area contributed by atoms with Crippen LogP contribution in [0.3, 0.4) is 0 Å². The predicted molar refractivity (Wildman–Crippen MR) is 77.4 cm³/mol. The molecule has 0 amide bonds. The molecule has 1 saturated carbocycles. The lowest BCUT2D eigenvalue weighted by atomic mass is 9.92. The fourth-order valence-corrected chi connectivity index (χ4v) is 2.90. The molecule has 19 heavy (non-hydrogen) atoms. The summed E-state index contributed by atoms with van der Waals surface area (Å²) in [5.41, 5.74) is 1.51. The lowest BCUT2D eigenvalue weighted by molar-refractivity contribution is -0.385. The standard InChI is InChI=1S/C13H17BrN2O3/c1-8-6-11(9(14)7-12(8)16(18)19)15-10-4-2-3-5-13(10)17/h6-7,10,13,15,17H,2-5H2,1H3. The maximum Gasteiger partial charge on any atom is 0.273 e. The second kappa shape index (κ2) is 5.88. The summed E-state index contributed by atoms with van der Waals surface area (Å²) < 4.78 is 0.655. The maximum absolute atomic E-state index is 10.9. The minimum Gasteiger partial charge on any atom is -0.391 e. The number of nitrogens with one attached hydrogen (secondary N) is 1. The highest BCUT2D eigenvalue weighted by Crippen LogP contribution is 2.32. The summed E-state index contributed by atoms with van der Waals surface area (Å²) in [7, 11) is 0. The topological polar surface area (TPSA) is 75.4 Å². The number of nitro benzene ring substituents is 1. The molecule has 2 atom stereocenters. The molecule has 1 fully saturated rings. The number of aliphatic hydroxyl groups is 1. The van der Waals surface area contributed by atoms with Crippen LogP contribution in [0.15, 0.2) is 16.6 Å². The van der Waals surface area contributed by atoms with E-state index >= 15 is 0 Å². The average Bonchev–Trinajstić information content (AvgIpc) is 2.35.